The summed E-state index contributed by atoms with van der Waals surface area (Å²) >= 11 is 0. The molecule has 22 heavy (non-hydrogen) atoms. The second kappa shape index (κ2) is 6.26. The molecule has 1 atom stereocenters. The molecular weight excluding hydrogens is 299 g/mol. The molecule has 1 fully saturated rings. The molecule has 122 valence electrons. The standard InChI is InChI=1S/C15H18F3NO3/c1-9-7-19(3-4-22-9)8-11-5-12(10(2)20)14(21)13(6-11)15(16,17)18/h5-6,9,21H,3-4,7-8H2,1-2H3/t9-/m1/s1. The van der Waals surface area contributed by atoms with Gasteiger partial charge in [-0.25, -0.2) is 0 Å². The highest BCUT2D eigenvalue weighted by Gasteiger charge is 2.36. The molecule has 0 bridgehead atoms. The number of rotatable bonds is 3. The average molecular weight is 317 g/mol. The molecule has 1 aliphatic heterocycles. The number of phenolic OH excluding ortho intramolecular Hbond substituents is 1. The zero-order chi connectivity index (χ0) is 16.5. The lowest BCUT2D eigenvalue weighted by atomic mass is 10.0. The largest absolute Gasteiger partial charge is 0.507 e. The number of nitrogens with zero attached hydrogens (tertiary/aromatic N) is 1. The van der Waals surface area contributed by atoms with Crippen molar-refractivity contribution >= 4 is 5.78 Å². The van der Waals surface area contributed by atoms with Crippen molar-refractivity contribution in [2.24, 2.45) is 0 Å². The minimum atomic E-state index is -4.71. The third-order valence-corrected chi connectivity index (χ3v) is 3.59. The fraction of sp³-hybridized carbons (Fsp3) is 0.533. The normalized spacial score (nSPS) is 20.1. The van der Waals surface area contributed by atoms with Gasteiger partial charge in [-0.3, -0.25) is 9.69 Å². The summed E-state index contributed by atoms with van der Waals surface area (Å²) in [5, 5.41) is 9.69. The molecule has 1 heterocycles. The number of Topliss-reactive ketones (excluding diaryl/α,β-unsaturated/α-hetero) is 1. The van der Waals surface area contributed by atoms with Crippen LogP contribution in [0.3, 0.4) is 0 Å². The number of ketones is 1. The Hall–Kier alpha value is -1.60. The van der Waals surface area contributed by atoms with Gasteiger partial charge in [0.2, 0.25) is 0 Å². The Labute approximate surface area is 126 Å². The molecule has 1 aliphatic rings. The Balaban J connectivity index is 2.35. The van der Waals surface area contributed by atoms with Crippen molar-refractivity contribution in [3.63, 3.8) is 0 Å². The van der Waals surface area contributed by atoms with Gasteiger partial charge in [-0.1, -0.05) is 0 Å². The Kier molecular flexibility index (Phi) is 4.77. The van der Waals surface area contributed by atoms with Crippen molar-refractivity contribution in [2.45, 2.75) is 32.7 Å². The van der Waals surface area contributed by atoms with Gasteiger partial charge in [-0.2, -0.15) is 13.2 Å². The maximum atomic E-state index is 13.0. The van der Waals surface area contributed by atoms with Gasteiger partial charge in [0.05, 0.1) is 23.8 Å². The van der Waals surface area contributed by atoms with Gasteiger partial charge in [0.15, 0.2) is 5.78 Å². The number of morpholine rings is 1. The summed E-state index contributed by atoms with van der Waals surface area (Å²) < 4.78 is 44.4. The highest BCUT2D eigenvalue weighted by atomic mass is 19.4. The van der Waals surface area contributed by atoms with Crippen LogP contribution in [0.4, 0.5) is 13.2 Å². The molecular formula is C15H18F3NO3. The summed E-state index contributed by atoms with van der Waals surface area (Å²) in [4.78, 5) is 13.4. The van der Waals surface area contributed by atoms with Crippen molar-refractivity contribution in [1.29, 1.82) is 0 Å². The molecule has 0 unspecified atom stereocenters. The van der Waals surface area contributed by atoms with E-state index >= 15 is 0 Å². The van der Waals surface area contributed by atoms with Crippen LogP contribution in [-0.2, 0) is 17.5 Å². The number of phenols is 1. The Morgan fingerprint density at radius 1 is 1.45 bits per heavy atom. The van der Waals surface area contributed by atoms with E-state index in [4.69, 9.17) is 4.74 Å². The molecule has 0 aromatic heterocycles. The number of hydrogen-bond acceptors (Lipinski definition) is 4. The van der Waals surface area contributed by atoms with E-state index in [1.165, 1.54) is 6.07 Å². The molecule has 2 rings (SSSR count). The summed E-state index contributed by atoms with van der Waals surface area (Å²) in [6, 6.07) is 2.23. The number of ether oxygens (including phenoxy) is 1. The van der Waals surface area contributed by atoms with Crippen LogP contribution in [0, 0.1) is 0 Å². The fourth-order valence-electron chi connectivity index (χ4n) is 2.56. The number of benzene rings is 1. The van der Waals surface area contributed by atoms with Crippen LogP contribution in [0.1, 0.15) is 35.3 Å². The molecule has 1 aromatic rings. The lowest BCUT2D eigenvalue weighted by molar-refractivity contribution is -0.138. The van der Waals surface area contributed by atoms with Crippen LogP contribution >= 0.6 is 0 Å². The first kappa shape index (κ1) is 16.8. The summed E-state index contributed by atoms with van der Waals surface area (Å²) in [5.74, 6) is -1.60. The fourth-order valence-corrected chi connectivity index (χ4v) is 2.56. The number of carbonyl (C=O) groups excluding carboxylic acids is 1. The quantitative estimate of drug-likeness (QED) is 0.871. The zero-order valence-electron chi connectivity index (χ0n) is 12.4. The van der Waals surface area contributed by atoms with E-state index < -0.39 is 23.3 Å². The van der Waals surface area contributed by atoms with E-state index in [9.17, 15) is 23.1 Å². The van der Waals surface area contributed by atoms with Gasteiger partial charge in [-0.15, -0.1) is 0 Å². The third kappa shape index (κ3) is 3.78. The van der Waals surface area contributed by atoms with Gasteiger partial charge in [0.25, 0.3) is 0 Å². The van der Waals surface area contributed by atoms with Crippen LogP contribution in [0.15, 0.2) is 12.1 Å². The molecule has 1 aromatic carbocycles. The molecule has 4 nitrogen and oxygen atoms in total. The summed E-state index contributed by atoms with van der Waals surface area (Å²) in [6.45, 7) is 5.04. The second-order valence-corrected chi connectivity index (χ2v) is 5.51. The minimum absolute atomic E-state index is 0.0141. The molecule has 0 aliphatic carbocycles. The zero-order valence-corrected chi connectivity index (χ0v) is 12.4. The van der Waals surface area contributed by atoms with Crippen LogP contribution in [-0.4, -0.2) is 41.6 Å². The topological polar surface area (TPSA) is 49.8 Å². The number of hydrogen-bond donors (Lipinski definition) is 1. The Morgan fingerprint density at radius 3 is 2.68 bits per heavy atom. The van der Waals surface area contributed by atoms with E-state index in [-0.39, 0.29) is 18.2 Å². The summed E-state index contributed by atoms with van der Waals surface area (Å²) in [6.07, 6.45) is -4.69. The van der Waals surface area contributed by atoms with Gasteiger partial charge in [-0.05, 0) is 31.5 Å². The SMILES string of the molecule is CC(=O)c1cc(CN2CCO[C@H](C)C2)cc(C(F)(F)F)c1O. The average Bonchev–Trinajstić information content (AvgIpc) is 2.39. The highest BCUT2D eigenvalue weighted by molar-refractivity contribution is 5.97. The first-order chi connectivity index (χ1) is 10.2. The van der Waals surface area contributed by atoms with Gasteiger partial charge in [0, 0.05) is 19.6 Å². The lowest BCUT2D eigenvalue weighted by Crippen LogP contribution is -2.40. The van der Waals surface area contributed by atoms with Gasteiger partial charge >= 0.3 is 6.18 Å². The molecule has 1 N–H and O–H groups in total. The van der Waals surface area contributed by atoms with E-state index in [0.717, 1.165) is 13.0 Å². The number of aromatic hydroxyl groups is 1. The molecule has 0 amide bonds. The first-order valence-corrected chi connectivity index (χ1v) is 6.96. The van der Waals surface area contributed by atoms with Gasteiger partial charge < -0.3 is 9.84 Å². The highest BCUT2D eigenvalue weighted by Crippen LogP contribution is 2.38. The van der Waals surface area contributed by atoms with E-state index in [1.807, 2.05) is 11.8 Å². The molecule has 0 radical (unpaired) electrons. The molecule has 7 heteroatoms. The second-order valence-electron chi connectivity index (χ2n) is 5.51. The molecule has 0 saturated carbocycles. The van der Waals surface area contributed by atoms with Crippen molar-refractivity contribution in [1.82, 2.24) is 4.90 Å². The minimum Gasteiger partial charge on any atom is -0.507 e. The van der Waals surface area contributed by atoms with Crippen molar-refractivity contribution in [2.75, 3.05) is 19.7 Å². The third-order valence-electron chi connectivity index (χ3n) is 3.59. The monoisotopic (exact) mass is 317 g/mol. The van der Waals surface area contributed by atoms with Gasteiger partial charge in [0.1, 0.15) is 5.75 Å². The smallest absolute Gasteiger partial charge is 0.419 e. The van der Waals surface area contributed by atoms with E-state index in [1.54, 1.807) is 0 Å². The van der Waals surface area contributed by atoms with Crippen LogP contribution in [0.2, 0.25) is 0 Å². The Bertz CT molecular complexity index is 572. The molecule has 1 saturated heterocycles. The maximum absolute atomic E-state index is 13.0. The van der Waals surface area contributed by atoms with Crippen molar-refractivity contribution in [3.05, 3.63) is 28.8 Å². The number of halogens is 3. The number of carbonyl (C=O) groups is 1. The first-order valence-electron chi connectivity index (χ1n) is 6.96. The van der Waals surface area contributed by atoms with Crippen LogP contribution in [0.25, 0.3) is 0 Å². The number of alkyl halides is 3. The predicted octanol–water partition coefficient (Wildman–Crippen LogP) is 2.83. The Morgan fingerprint density at radius 2 is 2.14 bits per heavy atom. The van der Waals surface area contributed by atoms with Crippen LogP contribution < -0.4 is 0 Å². The predicted molar refractivity (Wildman–Crippen MR) is 73.8 cm³/mol. The van der Waals surface area contributed by atoms with Crippen molar-refractivity contribution in [3.8, 4) is 5.75 Å². The van der Waals surface area contributed by atoms with Crippen molar-refractivity contribution < 1.29 is 27.8 Å². The molecule has 0 spiro atoms. The van der Waals surface area contributed by atoms with E-state index in [0.29, 0.717) is 25.3 Å². The maximum Gasteiger partial charge on any atom is 0.419 e. The van der Waals surface area contributed by atoms with Crippen LogP contribution in [0.5, 0.6) is 5.75 Å². The summed E-state index contributed by atoms with van der Waals surface area (Å²) in [5.41, 5.74) is -1.12. The lowest BCUT2D eigenvalue weighted by Gasteiger charge is -2.31. The van der Waals surface area contributed by atoms with E-state index in [2.05, 4.69) is 0 Å². The summed E-state index contributed by atoms with van der Waals surface area (Å²) in [7, 11) is 0.